The summed E-state index contributed by atoms with van der Waals surface area (Å²) in [7, 11) is 0. The average molecular weight is 423 g/mol. The maximum atomic E-state index is 13.7. The highest BCUT2D eigenvalue weighted by Gasteiger charge is 2.27. The topological polar surface area (TPSA) is 56.1 Å². The molecule has 1 saturated carbocycles. The third kappa shape index (κ3) is 4.23. The summed E-state index contributed by atoms with van der Waals surface area (Å²) in [6.45, 7) is 1.30. The molecule has 2 aliphatic carbocycles. The molecule has 0 aliphatic heterocycles. The van der Waals surface area contributed by atoms with Crippen molar-refractivity contribution in [3.05, 3.63) is 76.6 Å². The molecule has 0 bridgehead atoms. The fourth-order valence-corrected chi connectivity index (χ4v) is 4.01. The zero-order chi connectivity index (χ0) is 21.4. The van der Waals surface area contributed by atoms with Gasteiger partial charge in [-0.1, -0.05) is 12.1 Å². The van der Waals surface area contributed by atoms with Gasteiger partial charge >= 0.3 is 0 Å². The molecule has 160 valence electrons. The second-order valence-electron chi connectivity index (χ2n) is 8.25. The number of amides is 1. The number of nitrogens with zero attached hydrogens (tertiary/aromatic N) is 2. The summed E-state index contributed by atoms with van der Waals surface area (Å²) in [4.78, 5) is 13.0. The van der Waals surface area contributed by atoms with Crippen LogP contribution in [-0.2, 0) is 24.2 Å². The lowest BCUT2D eigenvalue weighted by Crippen LogP contribution is -2.15. The summed E-state index contributed by atoms with van der Waals surface area (Å²) in [5, 5.41) is 7.38. The maximum absolute atomic E-state index is 13.7. The lowest BCUT2D eigenvalue weighted by molar-refractivity contribution is 0.102. The zero-order valence-electron chi connectivity index (χ0n) is 17.0. The number of benzene rings is 2. The minimum atomic E-state index is -0.938. The molecule has 1 fully saturated rings. The molecule has 1 heterocycles. The van der Waals surface area contributed by atoms with E-state index in [1.807, 2.05) is 24.3 Å². The summed E-state index contributed by atoms with van der Waals surface area (Å²) in [6, 6.07) is 11.2. The van der Waals surface area contributed by atoms with Crippen LogP contribution in [0.15, 0.2) is 42.5 Å². The standard InChI is InChI=1S/C24H23F2N3O2/c25-20-10-9-18(12-21(20)26)29-22-6-2-5-19(22)23(28-29)24(30)27-17-4-1-3-16(11-17)14-31-13-15-7-8-15/h1,3-4,9-12,15H,2,5-8,13-14H2,(H,27,30). The molecular formula is C24H23F2N3O2. The Morgan fingerprint density at radius 2 is 2.00 bits per heavy atom. The van der Waals surface area contributed by atoms with Crippen molar-refractivity contribution in [2.24, 2.45) is 5.92 Å². The van der Waals surface area contributed by atoms with Crippen LogP contribution < -0.4 is 5.32 Å². The summed E-state index contributed by atoms with van der Waals surface area (Å²) in [6.07, 6.45) is 4.86. The normalized spacial score (nSPS) is 15.2. The molecule has 2 aliphatic rings. The molecule has 3 aromatic rings. The van der Waals surface area contributed by atoms with Crippen molar-refractivity contribution in [1.29, 1.82) is 0 Å². The Balaban J connectivity index is 1.35. The molecule has 2 aromatic carbocycles. The molecule has 5 rings (SSSR count). The molecule has 0 atom stereocenters. The highest BCUT2D eigenvalue weighted by atomic mass is 19.2. The van der Waals surface area contributed by atoms with E-state index in [1.54, 1.807) is 4.68 Å². The number of aromatic nitrogens is 2. The number of anilines is 1. The van der Waals surface area contributed by atoms with Crippen LogP contribution in [-0.4, -0.2) is 22.3 Å². The van der Waals surface area contributed by atoms with Crippen molar-refractivity contribution in [3.63, 3.8) is 0 Å². The van der Waals surface area contributed by atoms with Gasteiger partial charge in [-0.25, -0.2) is 13.5 Å². The number of hydrogen-bond acceptors (Lipinski definition) is 3. The van der Waals surface area contributed by atoms with Gasteiger partial charge in [-0.2, -0.15) is 5.10 Å². The molecule has 0 unspecified atom stereocenters. The summed E-state index contributed by atoms with van der Waals surface area (Å²) >= 11 is 0. The lowest BCUT2D eigenvalue weighted by Gasteiger charge is -2.08. The fraction of sp³-hybridized carbons (Fsp3) is 0.333. The first kappa shape index (κ1) is 19.9. The largest absolute Gasteiger partial charge is 0.376 e. The Kier molecular flexibility index (Phi) is 5.28. The smallest absolute Gasteiger partial charge is 0.276 e. The van der Waals surface area contributed by atoms with Gasteiger partial charge in [0.1, 0.15) is 0 Å². The number of halogens is 2. The van der Waals surface area contributed by atoms with E-state index < -0.39 is 11.6 Å². The minimum absolute atomic E-state index is 0.310. The van der Waals surface area contributed by atoms with Crippen LogP contribution in [0.25, 0.3) is 5.69 Å². The first-order chi connectivity index (χ1) is 15.1. The predicted molar refractivity (Wildman–Crippen MR) is 112 cm³/mol. The van der Waals surface area contributed by atoms with E-state index in [1.165, 1.54) is 18.9 Å². The van der Waals surface area contributed by atoms with Crippen molar-refractivity contribution in [1.82, 2.24) is 9.78 Å². The molecule has 1 aromatic heterocycles. The Hall–Kier alpha value is -3.06. The average Bonchev–Trinajstić information content (AvgIpc) is 3.32. The van der Waals surface area contributed by atoms with Gasteiger partial charge in [-0.3, -0.25) is 4.79 Å². The molecule has 31 heavy (non-hydrogen) atoms. The number of carbonyl (C=O) groups is 1. The highest BCUT2D eigenvalue weighted by Crippen LogP contribution is 2.30. The van der Waals surface area contributed by atoms with Crippen molar-refractivity contribution in [2.75, 3.05) is 11.9 Å². The van der Waals surface area contributed by atoms with Gasteiger partial charge in [0.05, 0.1) is 12.3 Å². The maximum Gasteiger partial charge on any atom is 0.276 e. The third-order valence-electron chi connectivity index (χ3n) is 5.80. The van der Waals surface area contributed by atoms with Gasteiger partial charge in [-0.15, -0.1) is 0 Å². The number of hydrogen-bond donors (Lipinski definition) is 1. The number of carbonyl (C=O) groups excluding carboxylic acids is 1. The van der Waals surface area contributed by atoms with Crippen molar-refractivity contribution in [2.45, 2.75) is 38.7 Å². The molecular weight excluding hydrogens is 400 g/mol. The van der Waals surface area contributed by atoms with Crippen LogP contribution in [0.4, 0.5) is 14.5 Å². The first-order valence-corrected chi connectivity index (χ1v) is 10.6. The lowest BCUT2D eigenvalue weighted by atomic mass is 10.1. The molecule has 1 amide bonds. The Labute approximate surface area is 179 Å². The fourth-order valence-electron chi connectivity index (χ4n) is 4.01. The highest BCUT2D eigenvalue weighted by molar-refractivity contribution is 6.04. The minimum Gasteiger partial charge on any atom is -0.376 e. The first-order valence-electron chi connectivity index (χ1n) is 10.6. The van der Waals surface area contributed by atoms with Gasteiger partial charge in [0, 0.05) is 29.6 Å². The van der Waals surface area contributed by atoms with E-state index >= 15 is 0 Å². The van der Waals surface area contributed by atoms with Gasteiger partial charge < -0.3 is 10.1 Å². The van der Waals surface area contributed by atoms with E-state index in [4.69, 9.17) is 4.74 Å². The van der Waals surface area contributed by atoms with Crippen LogP contribution >= 0.6 is 0 Å². The Morgan fingerprint density at radius 3 is 2.81 bits per heavy atom. The van der Waals surface area contributed by atoms with Gasteiger partial charge in [0.15, 0.2) is 17.3 Å². The molecule has 5 nitrogen and oxygen atoms in total. The van der Waals surface area contributed by atoms with Crippen LogP contribution in [0.5, 0.6) is 0 Å². The van der Waals surface area contributed by atoms with Crippen LogP contribution in [0, 0.1) is 17.6 Å². The van der Waals surface area contributed by atoms with E-state index in [0.29, 0.717) is 29.6 Å². The summed E-state index contributed by atoms with van der Waals surface area (Å²) < 4.78 is 34.4. The van der Waals surface area contributed by atoms with E-state index in [0.717, 1.165) is 54.8 Å². The monoisotopic (exact) mass is 423 g/mol. The third-order valence-corrected chi connectivity index (χ3v) is 5.80. The second kappa shape index (κ2) is 8.23. The predicted octanol–water partition coefficient (Wildman–Crippen LogP) is 4.82. The summed E-state index contributed by atoms with van der Waals surface area (Å²) in [5.74, 6) is -1.46. The van der Waals surface area contributed by atoms with Crippen molar-refractivity contribution in [3.8, 4) is 5.69 Å². The van der Waals surface area contributed by atoms with Crippen LogP contribution in [0.3, 0.4) is 0 Å². The van der Waals surface area contributed by atoms with Gasteiger partial charge in [0.2, 0.25) is 0 Å². The summed E-state index contributed by atoms with van der Waals surface area (Å²) in [5.41, 5.74) is 4.14. The molecule has 0 spiro atoms. The van der Waals surface area contributed by atoms with E-state index in [-0.39, 0.29) is 5.91 Å². The van der Waals surface area contributed by atoms with Gasteiger partial charge in [0.25, 0.3) is 5.91 Å². The number of ether oxygens (including phenoxy) is 1. The molecule has 7 heteroatoms. The second-order valence-corrected chi connectivity index (χ2v) is 8.25. The number of nitrogens with one attached hydrogen (secondary N) is 1. The zero-order valence-corrected chi connectivity index (χ0v) is 17.0. The van der Waals surface area contributed by atoms with Gasteiger partial charge in [-0.05, 0) is 67.9 Å². The quantitative estimate of drug-likeness (QED) is 0.593. The number of rotatable bonds is 7. The van der Waals surface area contributed by atoms with Crippen molar-refractivity contribution >= 4 is 11.6 Å². The van der Waals surface area contributed by atoms with E-state index in [2.05, 4.69) is 10.4 Å². The van der Waals surface area contributed by atoms with Crippen molar-refractivity contribution < 1.29 is 18.3 Å². The Morgan fingerprint density at radius 1 is 1.13 bits per heavy atom. The van der Waals surface area contributed by atoms with E-state index in [9.17, 15) is 13.6 Å². The number of fused-ring (bicyclic) bond motifs is 1. The van der Waals surface area contributed by atoms with Crippen LogP contribution in [0.2, 0.25) is 0 Å². The SMILES string of the molecule is O=C(Nc1cccc(COCC2CC2)c1)c1nn(-c2ccc(F)c(F)c2)c2c1CCC2. The van der Waals surface area contributed by atoms with Crippen LogP contribution in [0.1, 0.15) is 46.6 Å². The molecule has 0 radical (unpaired) electrons. The molecule has 1 N–H and O–H groups in total. The molecule has 0 saturated heterocycles. The Bertz CT molecular complexity index is 1140.